The first kappa shape index (κ1) is 30.9. The molecule has 0 radical (unpaired) electrons. The van der Waals surface area contributed by atoms with Gasteiger partial charge in [0, 0.05) is 42.7 Å². The van der Waals surface area contributed by atoms with E-state index in [0.717, 1.165) is 45.9 Å². The lowest BCUT2D eigenvalue weighted by molar-refractivity contribution is 0.0733. The average Bonchev–Trinajstić information content (AvgIpc) is 3.39. The van der Waals surface area contributed by atoms with Crippen molar-refractivity contribution in [2.75, 3.05) is 27.9 Å². The van der Waals surface area contributed by atoms with Crippen LogP contribution >= 0.6 is 11.6 Å². The molecule has 0 saturated carbocycles. The number of ether oxygens (including phenoxy) is 3. The average molecular weight is 613 g/mol. The van der Waals surface area contributed by atoms with Crippen LogP contribution in [0.4, 0.5) is 0 Å². The van der Waals surface area contributed by atoms with Crippen LogP contribution in [0, 0.1) is 5.92 Å². The molecule has 1 amide bonds. The second-order valence-electron chi connectivity index (χ2n) is 11.0. The minimum atomic E-state index is -0.198. The van der Waals surface area contributed by atoms with Crippen LogP contribution in [0.25, 0.3) is 16.8 Å². The van der Waals surface area contributed by atoms with Crippen molar-refractivity contribution < 1.29 is 19.0 Å². The van der Waals surface area contributed by atoms with Crippen molar-refractivity contribution in [2.24, 2.45) is 5.92 Å². The Hall–Kier alpha value is -4.56. The van der Waals surface area contributed by atoms with Crippen LogP contribution in [-0.2, 0) is 13.0 Å². The summed E-state index contributed by atoms with van der Waals surface area (Å²) in [5.74, 6) is 1.77. The summed E-state index contributed by atoms with van der Waals surface area (Å²) < 4.78 is 18.7. The molecule has 0 saturated heterocycles. The van der Waals surface area contributed by atoms with Crippen molar-refractivity contribution >= 4 is 23.2 Å². The maximum Gasteiger partial charge on any atom is 0.255 e. The molecule has 5 aromatic rings. The predicted molar refractivity (Wildman–Crippen MR) is 173 cm³/mol. The molecule has 2 aromatic carbocycles. The summed E-state index contributed by atoms with van der Waals surface area (Å²) in [6.45, 7) is 5.12. The standard InChI is InChI=1S/C35H37ClN4O4/c1-23(2)15-18-39(35(41)27-12-14-31(43-4)34(44-5)33(27)36)22-28-29(40-17-7-6-10-32(40)38-28)20-26-19-24(11-13-30(26)42-3)25-9-8-16-37-21-25/h6-14,16-17,19,21,23H,15,18,20,22H2,1-5H3. The third kappa shape index (κ3) is 6.50. The van der Waals surface area contributed by atoms with Crippen molar-refractivity contribution in [3.63, 3.8) is 0 Å². The number of halogens is 1. The molecule has 0 atom stereocenters. The zero-order valence-corrected chi connectivity index (χ0v) is 26.5. The van der Waals surface area contributed by atoms with Gasteiger partial charge in [0.25, 0.3) is 5.91 Å². The first-order chi connectivity index (χ1) is 21.3. The predicted octanol–water partition coefficient (Wildman–Crippen LogP) is 7.35. The number of hydrogen-bond acceptors (Lipinski definition) is 6. The normalized spacial score (nSPS) is 11.2. The Morgan fingerprint density at radius 1 is 0.955 bits per heavy atom. The fourth-order valence-electron chi connectivity index (χ4n) is 5.29. The molecule has 0 fully saturated rings. The van der Waals surface area contributed by atoms with Gasteiger partial charge in [-0.15, -0.1) is 0 Å². The van der Waals surface area contributed by atoms with Gasteiger partial charge in [0.1, 0.15) is 11.4 Å². The summed E-state index contributed by atoms with van der Waals surface area (Å²) in [4.78, 5) is 25.2. The first-order valence-corrected chi connectivity index (χ1v) is 14.9. The summed E-state index contributed by atoms with van der Waals surface area (Å²) in [6, 6.07) is 19.4. The molecule has 0 aliphatic rings. The quantitative estimate of drug-likeness (QED) is 0.147. The van der Waals surface area contributed by atoms with Crippen molar-refractivity contribution in [3.8, 4) is 28.4 Å². The number of pyridine rings is 2. The van der Waals surface area contributed by atoms with Gasteiger partial charge in [-0.05, 0) is 60.4 Å². The van der Waals surface area contributed by atoms with Crippen LogP contribution in [0.2, 0.25) is 5.02 Å². The monoisotopic (exact) mass is 612 g/mol. The molecular formula is C35H37ClN4O4. The summed E-state index contributed by atoms with van der Waals surface area (Å²) in [7, 11) is 4.73. The highest BCUT2D eigenvalue weighted by atomic mass is 35.5. The lowest BCUT2D eigenvalue weighted by Gasteiger charge is -2.25. The molecule has 44 heavy (non-hydrogen) atoms. The molecule has 9 heteroatoms. The zero-order chi connectivity index (χ0) is 31.2. The van der Waals surface area contributed by atoms with Gasteiger partial charge in [0.15, 0.2) is 11.5 Å². The Kier molecular flexibility index (Phi) is 9.70. The highest BCUT2D eigenvalue weighted by Crippen LogP contribution is 2.38. The number of carbonyl (C=O) groups is 1. The van der Waals surface area contributed by atoms with Gasteiger partial charge in [0.2, 0.25) is 0 Å². The van der Waals surface area contributed by atoms with Crippen LogP contribution in [0.1, 0.15) is 47.6 Å². The molecule has 228 valence electrons. The molecule has 0 aliphatic heterocycles. The van der Waals surface area contributed by atoms with E-state index in [1.54, 1.807) is 25.4 Å². The van der Waals surface area contributed by atoms with Crippen LogP contribution in [0.15, 0.2) is 79.3 Å². The number of carbonyl (C=O) groups excluding carboxylic acids is 1. The van der Waals surface area contributed by atoms with E-state index in [4.69, 9.17) is 30.8 Å². The van der Waals surface area contributed by atoms with E-state index in [1.165, 1.54) is 14.2 Å². The number of amides is 1. The fraction of sp³-hybridized carbons (Fsp3) is 0.286. The Morgan fingerprint density at radius 2 is 1.75 bits per heavy atom. The molecule has 0 bridgehead atoms. The van der Waals surface area contributed by atoms with E-state index >= 15 is 0 Å². The van der Waals surface area contributed by atoms with Crippen molar-refractivity contribution in [1.29, 1.82) is 0 Å². The SMILES string of the molecule is COc1ccc(-c2cccnc2)cc1Cc1c(CN(CCC(C)C)C(=O)c2ccc(OC)c(OC)c2Cl)nc2ccccn12. The molecule has 0 N–H and O–H groups in total. The largest absolute Gasteiger partial charge is 0.496 e. The Bertz CT molecular complexity index is 1750. The topological polar surface area (TPSA) is 78.2 Å². The summed E-state index contributed by atoms with van der Waals surface area (Å²) in [5.41, 5.74) is 6.00. The van der Waals surface area contributed by atoms with Gasteiger partial charge < -0.3 is 23.5 Å². The number of fused-ring (bicyclic) bond motifs is 1. The van der Waals surface area contributed by atoms with E-state index in [2.05, 4.69) is 29.3 Å². The van der Waals surface area contributed by atoms with Gasteiger partial charge >= 0.3 is 0 Å². The van der Waals surface area contributed by atoms with E-state index in [-0.39, 0.29) is 10.9 Å². The summed E-state index contributed by atoms with van der Waals surface area (Å²) >= 11 is 6.71. The van der Waals surface area contributed by atoms with E-state index < -0.39 is 0 Å². The smallest absolute Gasteiger partial charge is 0.255 e. The second-order valence-corrected chi connectivity index (χ2v) is 11.3. The number of nitrogens with zero attached hydrogens (tertiary/aromatic N) is 4. The number of methoxy groups -OCH3 is 3. The van der Waals surface area contributed by atoms with Gasteiger partial charge in [-0.1, -0.05) is 43.6 Å². The highest BCUT2D eigenvalue weighted by Gasteiger charge is 2.26. The maximum absolute atomic E-state index is 14.1. The van der Waals surface area contributed by atoms with E-state index in [0.29, 0.717) is 42.5 Å². The van der Waals surface area contributed by atoms with Gasteiger partial charge in [-0.3, -0.25) is 9.78 Å². The Labute approximate surface area is 263 Å². The molecule has 3 heterocycles. The van der Waals surface area contributed by atoms with Gasteiger partial charge in [-0.2, -0.15) is 0 Å². The van der Waals surface area contributed by atoms with Gasteiger partial charge in [-0.25, -0.2) is 4.98 Å². The zero-order valence-electron chi connectivity index (χ0n) is 25.7. The third-order valence-electron chi connectivity index (χ3n) is 7.66. The lowest BCUT2D eigenvalue weighted by atomic mass is 10.00. The summed E-state index contributed by atoms with van der Waals surface area (Å²) in [5, 5.41) is 0.221. The molecule has 8 nitrogen and oxygen atoms in total. The number of imidazole rings is 1. The molecule has 0 spiro atoms. The third-order valence-corrected chi connectivity index (χ3v) is 8.04. The minimum Gasteiger partial charge on any atom is -0.496 e. The Morgan fingerprint density at radius 3 is 2.45 bits per heavy atom. The lowest BCUT2D eigenvalue weighted by Crippen LogP contribution is -2.33. The minimum absolute atomic E-state index is 0.198. The molecule has 0 unspecified atom stereocenters. The van der Waals surface area contributed by atoms with E-state index in [9.17, 15) is 4.79 Å². The molecule has 0 aliphatic carbocycles. The molecule has 5 rings (SSSR count). The Balaban J connectivity index is 1.56. The fourth-order valence-corrected chi connectivity index (χ4v) is 5.61. The van der Waals surface area contributed by atoms with Crippen LogP contribution in [0.5, 0.6) is 17.2 Å². The number of benzene rings is 2. The van der Waals surface area contributed by atoms with Crippen molar-refractivity contribution in [2.45, 2.75) is 33.2 Å². The van der Waals surface area contributed by atoms with Crippen molar-refractivity contribution in [1.82, 2.24) is 19.3 Å². The van der Waals surface area contributed by atoms with Crippen molar-refractivity contribution in [3.05, 3.63) is 107 Å². The number of hydrogen-bond donors (Lipinski definition) is 0. The highest BCUT2D eigenvalue weighted by molar-refractivity contribution is 6.35. The van der Waals surface area contributed by atoms with Gasteiger partial charge in [0.05, 0.1) is 49.8 Å². The molecular weight excluding hydrogens is 576 g/mol. The maximum atomic E-state index is 14.1. The van der Waals surface area contributed by atoms with Crippen LogP contribution in [-0.4, -0.2) is 53.0 Å². The number of rotatable bonds is 12. The molecule has 3 aromatic heterocycles. The van der Waals surface area contributed by atoms with Crippen LogP contribution < -0.4 is 14.2 Å². The number of aromatic nitrogens is 3. The summed E-state index contributed by atoms with van der Waals surface area (Å²) in [6.07, 6.45) is 6.98. The first-order valence-electron chi connectivity index (χ1n) is 14.6. The van der Waals surface area contributed by atoms with E-state index in [1.807, 2.05) is 59.8 Å². The van der Waals surface area contributed by atoms with Crippen LogP contribution in [0.3, 0.4) is 0 Å². The second kappa shape index (κ2) is 13.8.